The Morgan fingerprint density at radius 1 is 1.24 bits per heavy atom. The Hall–Kier alpha value is -2.65. The van der Waals surface area contributed by atoms with Crippen molar-refractivity contribution in [2.45, 2.75) is 36.4 Å². The van der Waals surface area contributed by atoms with Crippen molar-refractivity contribution >= 4 is 16.1 Å². The third kappa shape index (κ3) is 4.20. The number of likely N-dealkylation sites (tertiary alicyclic amines) is 1. The van der Waals surface area contributed by atoms with Crippen molar-refractivity contribution in [1.29, 1.82) is 0 Å². The van der Waals surface area contributed by atoms with Gasteiger partial charge in [0.2, 0.25) is 10.0 Å². The van der Waals surface area contributed by atoms with E-state index >= 15 is 0 Å². The predicted molar refractivity (Wildman–Crippen MR) is 107 cm³/mol. The molecule has 0 unspecified atom stereocenters. The first-order chi connectivity index (χ1) is 14.0. The smallest absolute Gasteiger partial charge is 0.317 e. The number of aromatic nitrogens is 1. The van der Waals surface area contributed by atoms with E-state index in [1.807, 2.05) is 24.3 Å². The highest BCUT2D eigenvalue weighted by Crippen LogP contribution is 2.38. The second-order valence-corrected chi connectivity index (χ2v) is 9.19. The molecule has 0 radical (unpaired) electrons. The first-order valence-corrected chi connectivity index (χ1v) is 11.0. The molecule has 1 aromatic carbocycles. The van der Waals surface area contributed by atoms with Crippen LogP contribution in [-0.2, 0) is 16.6 Å². The summed E-state index contributed by atoms with van der Waals surface area (Å²) < 4.78 is 33.2. The van der Waals surface area contributed by atoms with E-state index in [1.165, 1.54) is 18.5 Å². The Bertz CT molecular complexity index is 966. The number of amides is 2. The summed E-state index contributed by atoms with van der Waals surface area (Å²) >= 11 is 0. The average Bonchev–Trinajstić information content (AvgIpc) is 3.33. The maximum atomic E-state index is 12.7. The molecule has 2 fully saturated rings. The molecule has 1 saturated heterocycles. The van der Waals surface area contributed by atoms with E-state index < -0.39 is 10.0 Å². The molecule has 9 heteroatoms. The number of piperidine rings is 1. The van der Waals surface area contributed by atoms with E-state index in [0.717, 1.165) is 24.2 Å². The summed E-state index contributed by atoms with van der Waals surface area (Å²) in [6.45, 7) is 1.06. The molecule has 1 aromatic heterocycles. The van der Waals surface area contributed by atoms with Crippen LogP contribution in [0.25, 0.3) is 0 Å². The number of ether oxygens (including phenoxy) is 1. The topological polar surface area (TPSA) is 101 Å². The van der Waals surface area contributed by atoms with E-state index in [2.05, 4.69) is 15.0 Å². The Kier molecular flexibility index (Phi) is 5.42. The van der Waals surface area contributed by atoms with Gasteiger partial charge in [-0.05, 0) is 48.6 Å². The number of carbonyl (C=O) groups excluding carboxylic acids is 1. The summed E-state index contributed by atoms with van der Waals surface area (Å²) in [4.78, 5) is 18.5. The van der Waals surface area contributed by atoms with Gasteiger partial charge in [-0.2, -0.15) is 0 Å². The zero-order valence-electron chi connectivity index (χ0n) is 16.1. The molecule has 2 amide bonds. The normalized spacial score (nSPS) is 23.2. The number of carbonyl (C=O) groups is 1. The second-order valence-electron chi connectivity index (χ2n) is 7.48. The highest BCUT2D eigenvalue weighted by atomic mass is 32.2. The molecular formula is C20H24N4O4S. The van der Waals surface area contributed by atoms with Crippen LogP contribution in [-0.4, -0.2) is 50.1 Å². The number of rotatable bonds is 6. The lowest BCUT2D eigenvalue weighted by Gasteiger charge is -2.33. The van der Waals surface area contributed by atoms with Crippen molar-refractivity contribution in [3.63, 3.8) is 0 Å². The molecular weight excluding hydrogens is 392 g/mol. The first-order valence-electron chi connectivity index (χ1n) is 9.56. The molecule has 2 N–H and O–H groups in total. The van der Waals surface area contributed by atoms with E-state index in [9.17, 15) is 13.2 Å². The standard InChI is InChI=1S/C20H24N4O4S/c1-28-16-6-4-14(5-7-16)11-22-20(25)24-13-15-9-18(19(24)10-15)23-29(26,27)17-3-2-8-21-12-17/h2-8,12,15,18-19,23H,9-11,13H2,1H3,(H,22,25)/t15-,18+,19-/m1/s1. The van der Waals surface area contributed by atoms with Crippen molar-refractivity contribution in [3.05, 3.63) is 54.4 Å². The van der Waals surface area contributed by atoms with Gasteiger partial charge in [-0.25, -0.2) is 17.9 Å². The third-order valence-electron chi connectivity index (χ3n) is 5.60. The van der Waals surface area contributed by atoms with Gasteiger partial charge in [-0.1, -0.05) is 12.1 Å². The molecule has 1 aliphatic heterocycles. The molecule has 154 valence electrons. The van der Waals surface area contributed by atoms with Crippen molar-refractivity contribution < 1.29 is 17.9 Å². The van der Waals surface area contributed by atoms with Crippen LogP contribution in [0, 0.1) is 5.92 Å². The maximum absolute atomic E-state index is 12.7. The lowest BCUT2D eigenvalue weighted by Crippen LogP contribution is -2.54. The molecule has 1 saturated carbocycles. The summed E-state index contributed by atoms with van der Waals surface area (Å²) in [5.41, 5.74) is 0.970. The minimum Gasteiger partial charge on any atom is -0.497 e. The van der Waals surface area contributed by atoms with Gasteiger partial charge in [0.1, 0.15) is 10.6 Å². The van der Waals surface area contributed by atoms with Crippen LogP contribution in [0.1, 0.15) is 18.4 Å². The van der Waals surface area contributed by atoms with Crippen molar-refractivity contribution in [2.75, 3.05) is 13.7 Å². The Morgan fingerprint density at radius 2 is 2.03 bits per heavy atom. The monoisotopic (exact) mass is 416 g/mol. The fourth-order valence-corrected chi connectivity index (χ4v) is 5.43. The Morgan fingerprint density at radius 3 is 2.69 bits per heavy atom. The number of hydrogen-bond acceptors (Lipinski definition) is 5. The first kappa shape index (κ1) is 19.7. The second kappa shape index (κ2) is 8.00. The van der Waals surface area contributed by atoms with E-state index in [1.54, 1.807) is 18.1 Å². The zero-order valence-corrected chi connectivity index (χ0v) is 16.9. The molecule has 4 rings (SSSR count). The third-order valence-corrected chi connectivity index (χ3v) is 7.07. The summed E-state index contributed by atoms with van der Waals surface area (Å²) in [5, 5.41) is 2.94. The quantitative estimate of drug-likeness (QED) is 0.747. The summed E-state index contributed by atoms with van der Waals surface area (Å²) in [7, 11) is -2.05. The zero-order chi connectivity index (χ0) is 20.4. The van der Waals surface area contributed by atoms with Gasteiger partial charge in [0, 0.05) is 31.5 Å². The minimum absolute atomic E-state index is 0.137. The van der Waals surface area contributed by atoms with Crippen molar-refractivity contribution in [2.24, 2.45) is 5.92 Å². The molecule has 2 aliphatic rings. The van der Waals surface area contributed by atoms with Crippen LogP contribution in [0.15, 0.2) is 53.7 Å². The lowest BCUT2D eigenvalue weighted by atomic mass is 10.1. The van der Waals surface area contributed by atoms with Gasteiger partial charge in [0.25, 0.3) is 0 Å². The predicted octanol–water partition coefficient (Wildman–Crippen LogP) is 1.74. The fourth-order valence-electron chi connectivity index (χ4n) is 4.18. The van der Waals surface area contributed by atoms with E-state index in [4.69, 9.17) is 4.74 Å². The number of nitrogens with zero attached hydrogens (tertiary/aromatic N) is 2. The molecule has 8 nitrogen and oxygen atoms in total. The van der Waals surface area contributed by atoms with Gasteiger partial charge in [-0.3, -0.25) is 4.98 Å². The molecule has 3 atom stereocenters. The largest absolute Gasteiger partial charge is 0.497 e. The molecule has 29 heavy (non-hydrogen) atoms. The summed E-state index contributed by atoms with van der Waals surface area (Å²) in [6.07, 6.45) is 4.42. The minimum atomic E-state index is -3.66. The van der Waals surface area contributed by atoms with Gasteiger partial charge in [0.05, 0.1) is 13.2 Å². The van der Waals surface area contributed by atoms with Crippen LogP contribution in [0.4, 0.5) is 4.79 Å². The van der Waals surface area contributed by atoms with Crippen molar-refractivity contribution in [1.82, 2.24) is 19.9 Å². The molecule has 2 bridgehead atoms. The number of sulfonamides is 1. The highest BCUT2D eigenvalue weighted by Gasteiger charge is 2.48. The van der Waals surface area contributed by atoms with Gasteiger partial charge < -0.3 is 15.0 Å². The fraction of sp³-hybridized carbons (Fsp3) is 0.400. The van der Waals surface area contributed by atoms with E-state index in [-0.39, 0.29) is 23.0 Å². The molecule has 0 spiro atoms. The van der Waals surface area contributed by atoms with Gasteiger partial charge >= 0.3 is 6.03 Å². The number of benzene rings is 1. The van der Waals surface area contributed by atoms with Crippen LogP contribution >= 0.6 is 0 Å². The molecule has 1 aliphatic carbocycles. The average molecular weight is 417 g/mol. The Labute approximate surface area is 170 Å². The number of nitrogens with one attached hydrogen (secondary N) is 2. The Balaban J connectivity index is 1.37. The van der Waals surface area contributed by atoms with Crippen LogP contribution in [0.2, 0.25) is 0 Å². The maximum Gasteiger partial charge on any atom is 0.317 e. The van der Waals surface area contributed by atoms with Crippen LogP contribution in [0.5, 0.6) is 5.75 Å². The number of pyridine rings is 1. The number of methoxy groups -OCH3 is 1. The van der Waals surface area contributed by atoms with Crippen LogP contribution in [0.3, 0.4) is 0 Å². The van der Waals surface area contributed by atoms with Crippen LogP contribution < -0.4 is 14.8 Å². The number of fused-ring (bicyclic) bond motifs is 2. The summed E-state index contributed by atoms with van der Waals surface area (Å²) in [6, 6.07) is 10.0. The number of urea groups is 1. The molecule has 2 aromatic rings. The SMILES string of the molecule is COc1ccc(CNC(=O)N2C[C@@H]3C[C@H](NS(=O)(=O)c4cccnc4)[C@H]2C3)cc1. The summed E-state index contributed by atoms with van der Waals surface area (Å²) in [5.74, 6) is 1.08. The van der Waals surface area contributed by atoms with E-state index in [0.29, 0.717) is 19.0 Å². The van der Waals surface area contributed by atoms with Gasteiger partial charge in [0.15, 0.2) is 0 Å². The molecule has 2 heterocycles. The van der Waals surface area contributed by atoms with Crippen molar-refractivity contribution in [3.8, 4) is 5.75 Å². The number of hydrogen-bond donors (Lipinski definition) is 2. The lowest BCUT2D eigenvalue weighted by molar-refractivity contribution is 0.170. The highest BCUT2D eigenvalue weighted by molar-refractivity contribution is 7.89. The van der Waals surface area contributed by atoms with Gasteiger partial charge in [-0.15, -0.1) is 0 Å².